The van der Waals surface area contributed by atoms with Crippen LogP contribution in [0.3, 0.4) is 0 Å². The van der Waals surface area contributed by atoms with Gasteiger partial charge in [-0.3, -0.25) is 4.79 Å². The number of unbranched alkanes of at least 4 members (excludes halogenated alkanes) is 1. The Labute approximate surface area is 107 Å². The molecule has 0 radical (unpaired) electrons. The molecule has 1 heterocycles. The minimum atomic E-state index is -1.17. The average Bonchev–Trinajstić information content (AvgIpc) is 2.87. The molecule has 1 unspecified atom stereocenters. The van der Waals surface area contributed by atoms with E-state index in [1.54, 1.807) is 26.2 Å². The van der Waals surface area contributed by atoms with Crippen molar-refractivity contribution in [2.75, 3.05) is 20.3 Å². The van der Waals surface area contributed by atoms with Crippen LogP contribution in [0.15, 0.2) is 22.8 Å². The molecule has 0 bridgehead atoms. The van der Waals surface area contributed by atoms with Crippen molar-refractivity contribution < 1.29 is 19.1 Å². The Kier molecular flexibility index (Phi) is 5.88. The predicted octanol–water partition coefficient (Wildman–Crippen LogP) is 1.42. The molecule has 0 aliphatic rings. The van der Waals surface area contributed by atoms with Gasteiger partial charge in [-0.05, 0) is 31.9 Å². The number of aliphatic hydroxyl groups is 1. The highest BCUT2D eigenvalue weighted by Gasteiger charge is 2.26. The molecule has 102 valence electrons. The van der Waals surface area contributed by atoms with Crippen LogP contribution in [0.5, 0.6) is 0 Å². The first-order chi connectivity index (χ1) is 8.56. The molecule has 2 N–H and O–H groups in total. The van der Waals surface area contributed by atoms with Crippen molar-refractivity contribution in [3.63, 3.8) is 0 Å². The number of methoxy groups -OCH3 is 1. The summed E-state index contributed by atoms with van der Waals surface area (Å²) in [5, 5.41) is 12.8. The highest BCUT2D eigenvalue weighted by atomic mass is 16.5. The van der Waals surface area contributed by atoms with E-state index < -0.39 is 5.60 Å². The summed E-state index contributed by atoms with van der Waals surface area (Å²) >= 11 is 0. The van der Waals surface area contributed by atoms with Crippen LogP contribution in [0.4, 0.5) is 0 Å². The summed E-state index contributed by atoms with van der Waals surface area (Å²) in [6, 6.07) is 3.39. The van der Waals surface area contributed by atoms with Crippen LogP contribution in [-0.4, -0.2) is 31.3 Å². The summed E-state index contributed by atoms with van der Waals surface area (Å²) < 4.78 is 10.0. The van der Waals surface area contributed by atoms with Crippen LogP contribution >= 0.6 is 0 Å². The molecule has 1 rings (SSSR count). The smallest absolute Gasteiger partial charge is 0.220 e. The molecule has 1 aromatic heterocycles. The third-order valence-corrected chi connectivity index (χ3v) is 2.68. The molecule has 1 atom stereocenters. The highest BCUT2D eigenvalue weighted by Crippen LogP contribution is 2.19. The van der Waals surface area contributed by atoms with E-state index in [9.17, 15) is 9.90 Å². The number of amides is 1. The van der Waals surface area contributed by atoms with Crippen molar-refractivity contribution in [2.24, 2.45) is 0 Å². The summed E-state index contributed by atoms with van der Waals surface area (Å²) in [5.41, 5.74) is -1.17. The van der Waals surface area contributed by atoms with Gasteiger partial charge in [0, 0.05) is 20.1 Å². The summed E-state index contributed by atoms with van der Waals surface area (Å²) in [4.78, 5) is 11.5. The topological polar surface area (TPSA) is 71.7 Å². The number of nitrogens with one attached hydrogen (secondary N) is 1. The van der Waals surface area contributed by atoms with Crippen LogP contribution < -0.4 is 5.32 Å². The van der Waals surface area contributed by atoms with E-state index in [0.29, 0.717) is 18.8 Å². The lowest BCUT2D eigenvalue weighted by atomic mass is 10.0. The van der Waals surface area contributed by atoms with E-state index in [2.05, 4.69) is 5.32 Å². The average molecular weight is 255 g/mol. The monoisotopic (exact) mass is 255 g/mol. The zero-order valence-corrected chi connectivity index (χ0v) is 10.9. The summed E-state index contributed by atoms with van der Waals surface area (Å²) in [6.45, 7) is 2.41. The number of hydrogen-bond donors (Lipinski definition) is 2. The molecule has 5 nitrogen and oxygen atoms in total. The zero-order valence-electron chi connectivity index (χ0n) is 10.9. The first-order valence-electron chi connectivity index (χ1n) is 6.08. The molecular formula is C13H21NO4. The van der Waals surface area contributed by atoms with E-state index in [4.69, 9.17) is 9.15 Å². The van der Waals surface area contributed by atoms with E-state index in [-0.39, 0.29) is 12.5 Å². The van der Waals surface area contributed by atoms with Gasteiger partial charge in [0.25, 0.3) is 0 Å². The van der Waals surface area contributed by atoms with E-state index in [1.807, 2.05) is 0 Å². The fourth-order valence-electron chi connectivity index (χ4n) is 1.56. The number of carbonyl (C=O) groups is 1. The Morgan fingerprint density at radius 1 is 1.56 bits per heavy atom. The standard InChI is InChI=1S/C13H21NO4/c1-13(16,11-6-5-9-18-11)10-14-12(15)7-3-4-8-17-2/h5-6,9,16H,3-4,7-8,10H2,1-2H3,(H,14,15). The molecule has 1 aromatic rings. The van der Waals surface area contributed by atoms with E-state index in [0.717, 1.165) is 12.8 Å². The second-order valence-corrected chi connectivity index (χ2v) is 4.48. The Hall–Kier alpha value is -1.33. The molecule has 0 saturated heterocycles. The van der Waals surface area contributed by atoms with E-state index in [1.165, 1.54) is 6.26 Å². The summed E-state index contributed by atoms with van der Waals surface area (Å²) in [7, 11) is 1.64. The Balaban J connectivity index is 2.25. The summed E-state index contributed by atoms with van der Waals surface area (Å²) in [6.07, 6.45) is 3.58. The lowest BCUT2D eigenvalue weighted by Gasteiger charge is -2.21. The number of ether oxygens (including phenoxy) is 1. The van der Waals surface area contributed by atoms with Gasteiger partial charge in [0.15, 0.2) is 0 Å². The van der Waals surface area contributed by atoms with Crippen molar-refractivity contribution in [3.8, 4) is 0 Å². The molecule has 5 heteroatoms. The molecule has 1 amide bonds. The maximum atomic E-state index is 11.5. The van der Waals surface area contributed by atoms with Crippen molar-refractivity contribution in [3.05, 3.63) is 24.2 Å². The third kappa shape index (κ3) is 4.89. The first-order valence-corrected chi connectivity index (χ1v) is 6.08. The van der Waals surface area contributed by atoms with Crippen LogP contribution in [0, 0.1) is 0 Å². The van der Waals surface area contributed by atoms with Gasteiger partial charge in [0.05, 0.1) is 12.8 Å². The molecule has 0 spiro atoms. The fourth-order valence-corrected chi connectivity index (χ4v) is 1.56. The maximum Gasteiger partial charge on any atom is 0.220 e. The number of rotatable bonds is 8. The van der Waals surface area contributed by atoms with Crippen molar-refractivity contribution in [1.29, 1.82) is 0 Å². The fraction of sp³-hybridized carbons (Fsp3) is 0.615. The van der Waals surface area contributed by atoms with Crippen LogP contribution in [0.1, 0.15) is 31.9 Å². The minimum Gasteiger partial charge on any atom is -0.466 e. The minimum absolute atomic E-state index is 0.0714. The van der Waals surface area contributed by atoms with Gasteiger partial charge in [0.2, 0.25) is 5.91 Å². The van der Waals surface area contributed by atoms with Gasteiger partial charge < -0.3 is 19.6 Å². The van der Waals surface area contributed by atoms with Crippen molar-refractivity contribution in [1.82, 2.24) is 5.32 Å². The second-order valence-electron chi connectivity index (χ2n) is 4.48. The Morgan fingerprint density at radius 2 is 2.33 bits per heavy atom. The molecule has 0 aliphatic heterocycles. The SMILES string of the molecule is COCCCCC(=O)NCC(C)(O)c1ccco1. The van der Waals surface area contributed by atoms with E-state index >= 15 is 0 Å². The van der Waals surface area contributed by atoms with Crippen LogP contribution in [0.25, 0.3) is 0 Å². The number of carbonyl (C=O) groups excluding carboxylic acids is 1. The van der Waals surface area contributed by atoms with Gasteiger partial charge >= 0.3 is 0 Å². The molecule has 0 saturated carbocycles. The van der Waals surface area contributed by atoms with Crippen LogP contribution in [0.2, 0.25) is 0 Å². The van der Waals surface area contributed by atoms with Gasteiger partial charge in [0.1, 0.15) is 11.4 Å². The predicted molar refractivity (Wildman–Crippen MR) is 67.0 cm³/mol. The summed E-state index contributed by atoms with van der Waals surface area (Å²) in [5.74, 6) is 0.375. The Morgan fingerprint density at radius 3 is 2.94 bits per heavy atom. The first kappa shape index (κ1) is 14.7. The molecular weight excluding hydrogens is 234 g/mol. The highest BCUT2D eigenvalue weighted by molar-refractivity contribution is 5.75. The molecule has 0 fully saturated rings. The quantitative estimate of drug-likeness (QED) is 0.689. The van der Waals surface area contributed by atoms with Gasteiger partial charge in [-0.15, -0.1) is 0 Å². The normalized spacial score (nSPS) is 14.2. The van der Waals surface area contributed by atoms with Crippen LogP contribution in [-0.2, 0) is 15.1 Å². The van der Waals surface area contributed by atoms with Crippen molar-refractivity contribution in [2.45, 2.75) is 31.8 Å². The van der Waals surface area contributed by atoms with Crippen molar-refractivity contribution >= 4 is 5.91 Å². The third-order valence-electron chi connectivity index (χ3n) is 2.68. The number of furan rings is 1. The second kappa shape index (κ2) is 7.18. The number of hydrogen-bond acceptors (Lipinski definition) is 4. The lowest BCUT2D eigenvalue weighted by Crippen LogP contribution is -2.38. The molecule has 0 aliphatic carbocycles. The maximum absolute atomic E-state index is 11.5. The lowest BCUT2D eigenvalue weighted by molar-refractivity contribution is -0.122. The molecule has 18 heavy (non-hydrogen) atoms. The van der Waals surface area contributed by atoms with Gasteiger partial charge in [-0.1, -0.05) is 0 Å². The molecule has 0 aromatic carbocycles. The van der Waals surface area contributed by atoms with Gasteiger partial charge in [-0.2, -0.15) is 0 Å². The largest absolute Gasteiger partial charge is 0.466 e. The Bertz CT molecular complexity index is 346. The van der Waals surface area contributed by atoms with Gasteiger partial charge in [-0.25, -0.2) is 0 Å². The zero-order chi connectivity index (χ0) is 13.4.